The van der Waals surface area contributed by atoms with Gasteiger partial charge >= 0.3 is 12.5 Å². The van der Waals surface area contributed by atoms with Gasteiger partial charge in [-0.1, -0.05) is 0 Å². The second-order valence-electron chi connectivity index (χ2n) is 7.90. The topological polar surface area (TPSA) is 171 Å². The zero-order chi connectivity index (χ0) is 25.6. The molecule has 0 fully saturated rings. The number of phenolic OH excluding ortho intramolecular Hbond substituents is 2. The number of aromatic hydroxyl groups is 2. The van der Waals surface area contributed by atoms with Crippen molar-refractivity contribution in [2.24, 2.45) is 0 Å². The molecule has 0 bridgehead atoms. The average Bonchev–Trinajstić information content (AvgIpc) is 3.19. The second-order valence-corrected chi connectivity index (χ2v) is 7.90. The molecule has 0 atom stereocenters. The van der Waals surface area contributed by atoms with E-state index in [2.05, 4.69) is 26.3 Å². The highest BCUT2D eigenvalue weighted by Crippen LogP contribution is 2.28. The van der Waals surface area contributed by atoms with Gasteiger partial charge in [-0.3, -0.25) is 19.2 Å². The minimum Gasteiger partial charge on any atom is -0.506 e. The number of rotatable bonds is 8. The monoisotopic (exact) mass is 481 g/mol. The smallest absolute Gasteiger partial charge is 0.404 e. The van der Waals surface area contributed by atoms with E-state index < -0.39 is 11.8 Å². The Hall–Kier alpha value is -4.71. The van der Waals surface area contributed by atoms with E-state index in [0.717, 1.165) is 0 Å². The summed E-state index contributed by atoms with van der Waals surface area (Å²) >= 11 is 0. The van der Waals surface area contributed by atoms with Crippen LogP contribution in [0.1, 0.15) is 13.8 Å². The first-order valence-electron chi connectivity index (χ1n) is 10.4. The lowest BCUT2D eigenvalue weighted by Gasteiger charge is -2.22. The second kappa shape index (κ2) is 10.5. The lowest BCUT2D eigenvalue weighted by molar-refractivity contribution is -0.760. The summed E-state index contributed by atoms with van der Waals surface area (Å²) in [5.41, 5.74) is 1.03. The number of carbonyl (C=O) groups excluding carboxylic acids is 4. The molecule has 0 aliphatic carbocycles. The Morgan fingerprint density at radius 2 is 1.23 bits per heavy atom. The van der Waals surface area contributed by atoms with Crippen molar-refractivity contribution in [3.8, 4) is 11.5 Å². The third-order valence-corrected chi connectivity index (χ3v) is 4.81. The van der Waals surface area contributed by atoms with E-state index >= 15 is 0 Å². The molecule has 1 aliphatic rings. The van der Waals surface area contributed by atoms with Crippen LogP contribution in [-0.4, -0.2) is 57.8 Å². The summed E-state index contributed by atoms with van der Waals surface area (Å²) in [5, 5.41) is 30.3. The van der Waals surface area contributed by atoms with Gasteiger partial charge in [0.2, 0.25) is 11.8 Å². The fourth-order valence-electron chi connectivity index (χ4n) is 3.37. The summed E-state index contributed by atoms with van der Waals surface area (Å²) in [6.07, 6.45) is 4.52. The predicted molar refractivity (Wildman–Crippen MR) is 129 cm³/mol. The van der Waals surface area contributed by atoms with Crippen molar-refractivity contribution in [3.63, 3.8) is 0 Å². The van der Waals surface area contributed by atoms with E-state index in [0.29, 0.717) is 11.4 Å². The van der Waals surface area contributed by atoms with Gasteiger partial charge in [0, 0.05) is 37.4 Å². The minimum absolute atomic E-state index is 0.158. The number of hydrogen-bond acceptors (Lipinski definition) is 7. The number of nitrogens with one attached hydrogen (secondary N) is 4. The molecule has 1 heterocycles. The van der Waals surface area contributed by atoms with Crippen molar-refractivity contribution in [2.45, 2.75) is 13.8 Å². The fourth-order valence-corrected chi connectivity index (χ4v) is 3.37. The first-order chi connectivity index (χ1) is 16.5. The number of phenols is 2. The van der Waals surface area contributed by atoms with Gasteiger partial charge in [0.25, 0.3) is 11.8 Å². The molecule has 1 radical (unpaired) electrons. The summed E-state index contributed by atoms with van der Waals surface area (Å²) in [6, 6.07) is 8.54. The van der Waals surface area contributed by atoms with Crippen molar-refractivity contribution in [1.29, 1.82) is 0 Å². The van der Waals surface area contributed by atoms with Gasteiger partial charge in [0.1, 0.15) is 16.5 Å². The van der Waals surface area contributed by atoms with Gasteiger partial charge in [-0.05, 0) is 24.3 Å². The Balaban J connectivity index is 1.63. The van der Waals surface area contributed by atoms with Crippen LogP contribution in [0, 0.1) is 0 Å². The standard InChI is InChI=1S/C23H24N6O6/c1-14(30)25-18-5-3-16(9-20(18)32)27-22(34)11-29(8-7-24-13-29)12-23(35)28-17-4-6-19(21(33)10-17)26-15(2)31/h3-10,13H,11-12H2,1-2H3,(H5-,25,26,27,28,30,31,32,33,34,35)/q+1/p+1. The molecule has 2 aromatic carbocycles. The highest BCUT2D eigenvalue weighted by atomic mass is 16.3. The van der Waals surface area contributed by atoms with E-state index in [-0.39, 0.29) is 52.3 Å². The lowest BCUT2D eigenvalue weighted by Crippen LogP contribution is -2.50. The Kier molecular flexibility index (Phi) is 7.46. The molecule has 2 aromatic rings. The van der Waals surface area contributed by atoms with Crippen molar-refractivity contribution in [3.05, 3.63) is 48.8 Å². The van der Waals surface area contributed by atoms with Crippen LogP contribution in [-0.2, 0) is 19.2 Å². The summed E-state index contributed by atoms with van der Waals surface area (Å²) < 4.78 is -0.191. The molecular weight excluding hydrogens is 456 g/mol. The van der Waals surface area contributed by atoms with Gasteiger partial charge in [-0.15, -0.1) is 0 Å². The molecule has 35 heavy (non-hydrogen) atoms. The van der Waals surface area contributed by atoms with Crippen LogP contribution in [0.15, 0.2) is 48.8 Å². The van der Waals surface area contributed by atoms with Gasteiger partial charge in [0.15, 0.2) is 19.3 Å². The third kappa shape index (κ3) is 6.88. The van der Waals surface area contributed by atoms with Gasteiger partial charge in [-0.25, -0.2) is 0 Å². The van der Waals surface area contributed by atoms with Gasteiger partial charge < -0.3 is 31.5 Å². The molecule has 1 aliphatic heterocycles. The molecule has 0 spiro atoms. The van der Waals surface area contributed by atoms with E-state index in [1.165, 1.54) is 62.8 Å². The van der Waals surface area contributed by atoms with Crippen LogP contribution < -0.4 is 26.3 Å². The zero-order valence-corrected chi connectivity index (χ0v) is 19.0. The first-order valence-corrected chi connectivity index (χ1v) is 10.4. The van der Waals surface area contributed by atoms with E-state index in [1.54, 1.807) is 6.20 Å². The Bertz CT molecular complexity index is 1140. The molecule has 12 nitrogen and oxygen atoms in total. The quantitative estimate of drug-likeness (QED) is 0.245. The minimum atomic E-state index is -0.445. The maximum atomic E-state index is 12.7. The Morgan fingerprint density at radius 3 is 1.57 bits per heavy atom. The SMILES string of the molecule is CC(=O)Nc1ccc(NC(=O)C[N+]2(CC(=O)Nc3ccc(NC(C)=O)c(O)c3)C=C[N+]=C2)cc1O. The maximum Gasteiger partial charge on any atom is 0.404 e. The van der Waals surface area contributed by atoms with E-state index in [4.69, 9.17) is 0 Å². The third-order valence-electron chi connectivity index (χ3n) is 4.81. The molecule has 0 saturated heterocycles. The molecule has 181 valence electrons. The van der Waals surface area contributed by atoms with Crippen LogP contribution in [0.2, 0.25) is 0 Å². The molecule has 6 N–H and O–H groups in total. The molecule has 4 amide bonds. The normalized spacial score (nSPS) is 13.2. The van der Waals surface area contributed by atoms with E-state index in [1.807, 2.05) is 0 Å². The number of hydrogen-bond donors (Lipinski definition) is 6. The summed E-state index contributed by atoms with van der Waals surface area (Å²) in [7, 11) is 0. The molecule has 0 saturated carbocycles. The first kappa shape index (κ1) is 24.9. The number of amides is 4. The van der Waals surface area contributed by atoms with Crippen molar-refractivity contribution >= 4 is 52.7 Å². The maximum absolute atomic E-state index is 12.7. The van der Waals surface area contributed by atoms with Crippen LogP contribution in [0.5, 0.6) is 11.5 Å². The van der Waals surface area contributed by atoms with Crippen LogP contribution in [0.25, 0.3) is 0 Å². The Morgan fingerprint density at radius 1 is 0.771 bits per heavy atom. The molecule has 0 aromatic heterocycles. The van der Waals surface area contributed by atoms with Gasteiger partial charge in [-0.2, -0.15) is 4.48 Å². The molecule has 12 heteroatoms. The summed E-state index contributed by atoms with van der Waals surface area (Å²) in [5.74, 6) is -2.01. The van der Waals surface area contributed by atoms with Crippen molar-refractivity contribution in [2.75, 3.05) is 34.4 Å². The van der Waals surface area contributed by atoms with Crippen LogP contribution in [0.4, 0.5) is 22.7 Å². The predicted octanol–water partition coefficient (Wildman–Crippen LogP) is 1.26. The van der Waals surface area contributed by atoms with Crippen molar-refractivity contribution < 1.29 is 33.9 Å². The molecular formula is C23H25N6O6+2. The number of carbonyl (C=O) groups is 4. The summed E-state index contributed by atoms with van der Waals surface area (Å²) in [6.45, 7) is 2.30. The number of aliphatic imine (C=N–C) groups is 1. The number of nitrogens with zero attached hydrogens (tertiary/aromatic N) is 2. The number of benzene rings is 2. The average molecular weight is 481 g/mol. The highest BCUT2D eigenvalue weighted by molar-refractivity contribution is 5.96. The van der Waals surface area contributed by atoms with Gasteiger partial charge in [0.05, 0.1) is 11.4 Å². The zero-order valence-electron chi connectivity index (χ0n) is 19.0. The summed E-state index contributed by atoms with van der Waals surface area (Å²) in [4.78, 5) is 51.7. The van der Waals surface area contributed by atoms with Crippen LogP contribution in [0.3, 0.4) is 0 Å². The lowest BCUT2D eigenvalue weighted by atomic mass is 10.2. The molecule has 3 rings (SSSR count). The highest BCUT2D eigenvalue weighted by Gasteiger charge is 2.38. The number of anilines is 4. The Labute approximate surface area is 200 Å². The van der Waals surface area contributed by atoms with E-state index in [9.17, 15) is 29.4 Å². The largest absolute Gasteiger partial charge is 0.506 e. The molecule has 0 unspecified atom stereocenters. The van der Waals surface area contributed by atoms with Crippen LogP contribution >= 0.6 is 0 Å². The number of quaternary nitrogens is 1. The fraction of sp³-hybridized carbons (Fsp3) is 0.174. The van der Waals surface area contributed by atoms with Crippen molar-refractivity contribution in [1.82, 2.24) is 4.99 Å².